The molecule has 4 heterocycles. The molecule has 2 aliphatic rings. The van der Waals surface area contributed by atoms with Gasteiger partial charge in [-0.2, -0.15) is 5.10 Å². The van der Waals surface area contributed by atoms with Gasteiger partial charge in [-0.15, -0.1) is 0 Å². The van der Waals surface area contributed by atoms with Crippen LogP contribution in [0, 0.1) is 0 Å². The monoisotopic (exact) mass is 591 g/mol. The van der Waals surface area contributed by atoms with Gasteiger partial charge >= 0.3 is 6.09 Å². The molecule has 2 aromatic heterocycles. The summed E-state index contributed by atoms with van der Waals surface area (Å²) in [6.07, 6.45) is 4.17. The van der Waals surface area contributed by atoms with E-state index in [-0.39, 0.29) is 36.4 Å². The van der Waals surface area contributed by atoms with Crippen molar-refractivity contribution in [2.45, 2.75) is 83.1 Å². The Balaban J connectivity index is 1.46. The zero-order valence-corrected chi connectivity index (χ0v) is 25.9. The Morgan fingerprint density at radius 1 is 1.05 bits per heavy atom. The van der Waals surface area contributed by atoms with E-state index in [4.69, 9.17) is 4.74 Å². The molecule has 9 nitrogen and oxygen atoms in total. The minimum absolute atomic E-state index is 0.0873. The minimum Gasteiger partial charge on any atom is -0.444 e. The predicted molar refractivity (Wildman–Crippen MR) is 161 cm³/mol. The fraction of sp³-hybridized carbons (Fsp3) is 0.515. The normalized spacial score (nSPS) is 18.7. The van der Waals surface area contributed by atoms with Gasteiger partial charge in [-0.05, 0) is 62.8 Å². The Morgan fingerprint density at radius 2 is 1.70 bits per heavy atom. The first-order valence-electron chi connectivity index (χ1n) is 15.0. The average molecular weight is 592 g/mol. The number of pyridine rings is 1. The van der Waals surface area contributed by atoms with E-state index in [0.717, 1.165) is 24.1 Å². The fourth-order valence-corrected chi connectivity index (χ4v) is 6.01. The average Bonchev–Trinajstić information content (AvgIpc) is 3.45. The van der Waals surface area contributed by atoms with Crippen LogP contribution in [0.1, 0.15) is 88.6 Å². The number of alkyl halides is 1. The first kappa shape index (κ1) is 30.7. The van der Waals surface area contributed by atoms with Crippen molar-refractivity contribution in [1.82, 2.24) is 25.0 Å². The summed E-state index contributed by atoms with van der Waals surface area (Å²) in [6.45, 7) is 11.7. The van der Waals surface area contributed by atoms with E-state index in [1.807, 2.05) is 23.1 Å². The summed E-state index contributed by atoms with van der Waals surface area (Å²) < 4.78 is 22.4. The molecule has 2 N–H and O–H groups in total. The van der Waals surface area contributed by atoms with E-state index in [1.54, 1.807) is 52.1 Å². The zero-order chi connectivity index (χ0) is 31.2. The molecule has 2 saturated heterocycles. The Kier molecular flexibility index (Phi) is 8.11. The molecule has 3 aromatic rings. The van der Waals surface area contributed by atoms with E-state index in [0.29, 0.717) is 29.9 Å². The largest absolute Gasteiger partial charge is 0.444 e. The van der Waals surface area contributed by atoms with Crippen LogP contribution in [0.15, 0.2) is 48.8 Å². The van der Waals surface area contributed by atoms with Gasteiger partial charge in [0.15, 0.2) is 11.3 Å². The number of ether oxygens (including phenoxy) is 1. The summed E-state index contributed by atoms with van der Waals surface area (Å²) in [5.41, 5.74) is -1.06. The number of amides is 2. The van der Waals surface area contributed by atoms with Crippen molar-refractivity contribution in [3.8, 4) is 11.3 Å². The number of hydrogen-bond donors (Lipinski definition) is 2. The number of H-pyrrole nitrogens is 1. The maximum absolute atomic E-state index is 16.9. The first-order valence-corrected chi connectivity index (χ1v) is 15.0. The molecule has 5 rings (SSSR count). The number of piperidine rings is 1. The van der Waals surface area contributed by atoms with Crippen LogP contribution in [-0.2, 0) is 15.1 Å². The summed E-state index contributed by atoms with van der Waals surface area (Å²) in [4.78, 5) is 31.9. The number of nitrogens with zero attached hydrogens (tertiary/aromatic N) is 4. The third-order valence-electron chi connectivity index (χ3n) is 8.61. The van der Waals surface area contributed by atoms with Crippen LogP contribution < -0.4 is 0 Å². The molecule has 1 atom stereocenters. The summed E-state index contributed by atoms with van der Waals surface area (Å²) in [7, 11) is 0. The number of aromatic amines is 1. The number of hydrogen-bond acceptors (Lipinski definition) is 6. The maximum atomic E-state index is 16.9. The Labute approximate surface area is 252 Å². The first-order chi connectivity index (χ1) is 20.2. The van der Waals surface area contributed by atoms with Crippen molar-refractivity contribution >= 4 is 12.0 Å². The highest BCUT2D eigenvalue weighted by Crippen LogP contribution is 2.48. The summed E-state index contributed by atoms with van der Waals surface area (Å²) in [6, 6.07) is 11.0. The Hall–Kier alpha value is -3.79. The fourth-order valence-electron chi connectivity index (χ4n) is 6.01. The van der Waals surface area contributed by atoms with Crippen molar-refractivity contribution in [3.63, 3.8) is 0 Å². The Bertz CT molecular complexity index is 1470. The molecule has 0 radical (unpaired) electrons. The quantitative estimate of drug-likeness (QED) is 0.391. The third kappa shape index (κ3) is 6.02. The molecule has 2 aliphatic heterocycles. The van der Waals surface area contributed by atoms with E-state index in [2.05, 4.69) is 29.0 Å². The molecule has 1 aromatic carbocycles. The molecule has 230 valence electrons. The molecule has 2 fully saturated rings. The molecule has 0 aliphatic carbocycles. The van der Waals surface area contributed by atoms with Gasteiger partial charge in [-0.3, -0.25) is 14.9 Å². The summed E-state index contributed by atoms with van der Waals surface area (Å²) in [5, 5.41) is 20.0. The van der Waals surface area contributed by atoms with Gasteiger partial charge < -0.3 is 19.6 Å². The lowest BCUT2D eigenvalue weighted by Crippen LogP contribution is -2.70. The van der Waals surface area contributed by atoms with Crippen LogP contribution in [-0.4, -0.2) is 79.5 Å². The van der Waals surface area contributed by atoms with Gasteiger partial charge in [0.1, 0.15) is 5.60 Å². The van der Waals surface area contributed by atoms with E-state index >= 15 is 4.39 Å². The highest BCUT2D eigenvalue weighted by atomic mass is 19.1. The predicted octanol–water partition coefficient (Wildman–Crippen LogP) is 5.52. The molecule has 0 unspecified atom stereocenters. The highest BCUT2D eigenvalue weighted by Gasteiger charge is 2.62. The van der Waals surface area contributed by atoms with E-state index < -0.39 is 23.0 Å². The number of likely N-dealkylation sites (tertiary alicyclic amines) is 2. The number of benzene rings is 1. The molecule has 2 amide bonds. The van der Waals surface area contributed by atoms with Gasteiger partial charge in [0.05, 0.1) is 18.8 Å². The third-order valence-corrected chi connectivity index (χ3v) is 8.61. The maximum Gasteiger partial charge on any atom is 0.410 e. The molecule has 0 bridgehead atoms. The van der Waals surface area contributed by atoms with Crippen LogP contribution in [0.25, 0.3) is 11.3 Å². The van der Waals surface area contributed by atoms with Gasteiger partial charge in [0.2, 0.25) is 5.91 Å². The van der Waals surface area contributed by atoms with Crippen LogP contribution in [0.2, 0.25) is 0 Å². The Morgan fingerprint density at radius 3 is 2.28 bits per heavy atom. The van der Waals surface area contributed by atoms with Gasteiger partial charge in [-0.25, -0.2) is 9.18 Å². The molecule has 10 heteroatoms. The van der Waals surface area contributed by atoms with E-state index in [1.165, 1.54) is 11.1 Å². The summed E-state index contributed by atoms with van der Waals surface area (Å²) >= 11 is 0. The smallest absolute Gasteiger partial charge is 0.410 e. The van der Waals surface area contributed by atoms with Crippen molar-refractivity contribution in [1.29, 1.82) is 0 Å². The number of rotatable bonds is 6. The van der Waals surface area contributed by atoms with Crippen LogP contribution >= 0.6 is 0 Å². The lowest BCUT2D eigenvalue weighted by Gasteiger charge is -2.52. The second-order valence-corrected chi connectivity index (χ2v) is 13.2. The number of nitrogens with one attached hydrogen (secondary N) is 1. The SMILES string of the molecule is CC(=O)N1CCC(c2cc(-c3cncc([C@@](O)(c4ccc(C(C)C)cc4)C4(F)CN(C(=O)OC(C)(C)C)C4)c3)n[nH]2)CC1. The topological polar surface area (TPSA) is 112 Å². The molecule has 43 heavy (non-hydrogen) atoms. The number of aromatic nitrogens is 3. The number of carbonyl (C=O) groups excluding carboxylic acids is 2. The lowest BCUT2D eigenvalue weighted by molar-refractivity contribution is -0.155. The van der Waals surface area contributed by atoms with Crippen molar-refractivity contribution < 1.29 is 23.8 Å². The lowest BCUT2D eigenvalue weighted by atomic mass is 9.70. The second kappa shape index (κ2) is 11.4. The minimum atomic E-state index is -2.19. The van der Waals surface area contributed by atoms with Gasteiger partial charge in [0.25, 0.3) is 0 Å². The van der Waals surface area contributed by atoms with Crippen molar-refractivity contribution in [3.05, 3.63) is 71.2 Å². The number of halogens is 1. The molecular formula is C33H42FN5O4. The molecular weight excluding hydrogens is 549 g/mol. The van der Waals surface area contributed by atoms with Gasteiger partial charge in [0, 0.05) is 55.1 Å². The van der Waals surface area contributed by atoms with E-state index in [9.17, 15) is 14.7 Å². The van der Waals surface area contributed by atoms with Crippen LogP contribution in [0.5, 0.6) is 0 Å². The summed E-state index contributed by atoms with van der Waals surface area (Å²) in [5.74, 6) is 0.595. The number of carbonyl (C=O) groups is 2. The molecule has 0 spiro atoms. The highest BCUT2D eigenvalue weighted by molar-refractivity contribution is 5.73. The van der Waals surface area contributed by atoms with Crippen LogP contribution in [0.3, 0.4) is 0 Å². The molecule has 0 saturated carbocycles. The number of aliphatic hydroxyl groups is 1. The van der Waals surface area contributed by atoms with Crippen molar-refractivity contribution in [2.75, 3.05) is 26.2 Å². The second-order valence-electron chi connectivity index (χ2n) is 13.2. The van der Waals surface area contributed by atoms with Crippen molar-refractivity contribution in [2.24, 2.45) is 0 Å². The zero-order valence-electron chi connectivity index (χ0n) is 25.9. The van der Waals surface area contributed by atoms with Crippen LogP contribution in [0.4, 0.5) is 9.18 Å². The van der Waals surface area contributed by atoms with Gasteiger partial charge in [-0.1, -0.05) is 38.1 Å². The standard InChI is InChI=1S/C33H42FN5O4/c1-21(2)23-7-9-26(10-8-23)33(42,32(34)19-39(20-32)30(41)43-31(4,5)6)27-15-25(17-35-18-27)29-16-28(36-37-29)24-11-13-38(14-12-24)22(3)40/h7-10,15-18,21,24,42H,11-14,19-20H2,1-6H3,(H,36,37)/t33-/m0/s1.